The molecule has 1 N–H and O–H groups in total. The van der Waals surface area contributed by atoms with Crippen molar-refractivity contribution in [3.63, 3.8) is 0 Å². The van der Waals surface area contributed by atoms with Crippen LogP contribution in [-0.2, 0) is 11.2 Å². The second-order valence-electron chi connectivity index (χ2n) is 4.04. The zero-order valence-corrected chi connectivity index (χ0v) is 11.2. The van der Waals surface area contributed by atoms with Gasteiger partial charge in [-0.2, -0.15) is 13.2 Å². The molecule has 0 saturated carbocycles. The van der Waals surface area contributed by atoms with Crippen LogP contribution in [0.4, 0.5) is 13.2 Å². The Kier molecular flexibility index (Phi) is 5.53. The highest BCUT2D eigenvalue weighted by Gasteiger charge is 2.27. The number of rotatable bonds is 6. The fourth-order valence-corrected chi connectivity index (χ4v) is 2.27. The first-order valence-electron chi connectivity index (χ1n) is 5.71. The van der Waals surface area contributed by atoms with Crippen LogP contribution in [0.25, 0.3) is 0 Å². The van der Waals surface area contributed by atoms with Gasteiger partial charge in [-0.3, -0.25) is 9.59 Å². The number of hydrogen-bond donors (Lipinski definition) is 1. The van der Waals surface area contributed by atoms with E-state index in [0.29, 0.717) is 11.3 Å². The number of carbonyl (C=O) groups excluding carboxylic acids is 2. The first-order valence-corrected chi connectivity index (χ1v) is 6.52. The Hall–Kier alpha value is -1.37. The van der Waals surface area contributed by atoms with Crippen molar-refractivity contribution in [2.45, 2.75) is 32.4 Å². The van der Waals surface area contributed by atoms with E-state index in [1.54, 1.807) is 12.1 Å². The number of thiophene rings is 1. The molecule has 3 nitrogen and oxygen atoms in total. The SMILES string of the molecule is CC(=O)c1ccc(CCNC(=O)CCC(F)(F)F)s1. The van der Waals surface area contributed by atoms with Gasteiger partial charge in [-0.05, 0) is 25.5 Å². The topological polar surface area (TPSA) is 46.2 Å². The van der Waals surface area contributed by atoms with Crippen molar-refractivity contribution in [3.05, 3.63) is 21.9 Å². The van der Waals surface area contributed by atoms with Gasteiger partial charge in [0.2, 0.25) is 5.91 Å². The average molecular weight is 293 g/mol. The lowest BCUT2D eigenvalue weighted by Gasteiger charge is -2.06. The number of ketones is 1. The minimum absolute atomic E-state index is 0.0227. The third kappa shape index (κ3) is 6.37. The molecule has 1 rings (SSSR count). The normalized spacial score (nSPS) is 11.4. The van der Waals surface area contributed by atoms with E-state index >= 15 is 0 Å². The Morgan fingerprint density at radius 2 is 2.00 bits per heavy atom. The molecule has 7 heteroatoms. The number of alkyl halides is 3. The summed E-state index contributed by atoms with van der Waals surface area (Å²) in [5.74, 6) is -0.633. The Labute approximate surface area is 112 Å². The van der Waals surface area contributed by atoms with Crippen molar-refractivity contribution in [3.8, 4) is 0 Å². The fourth-order valence-electron chi connectivity index (χ4n) is 1.37. The summed E-state index contributed by atoms with van der Waals surface area (Å²) >= 11 is 1.33. The van der Waals surface area contributed by atoms with Crippen LogP contribution in [0.2, 0.25) is 0 Å². The van der Waals surface area contributed by atoms with Crippen LogP contribution in [0.15, 0.2) is 12.1 Å². The predicted molar refractivity (Wildman–Crippen MR) is 66.3 cm³/mol. The fraction of sp³-hybridized carbons (Fsp3) is 0.500. The van der Waals surface area contributed by atoms with Gasteiger partial charge in [-0.1, -0.05) is 0 Å². The summed E-state index contributed by atoms with van der Waals surface area (Å²) in [5.41, 5.74) is 0. The molecule has 19 heavy (non-hydrogen) atoms. The van der Waals surface area contributed by atoms with Gasteiger partial charge in [0.1, 0.15) is 0 Å². The summed E-state index contributed by atoms with van der Waals surface area (Å²) in [6.07, 6.45) is -5.45. The van der Waals surface area contributed by atoms with Crippen LogP contribution in [-0.4, -0.2) is 24.4 Å². The summed E-state index contributed by atoms with van der Waals surface area (Å²) in [5, 5.41) is 2.43. The van der Waals surface area contributed by atoms with E-state index in [4.69, 9.17) is 0 Å². The molecule has 0 bridgehead atoms. The lowest BCUT2D eigenvalue weighted by atomic mass is 10.2. The molecule has 1 aromatic rings. The van der Waals surface area contributed by atoms with Crippen LogP contribution in [0.1, 0.15) is 34.3 Å². The zero-order chi connectivity index (χ0) is 14.5. The van der Waals surface area contributed by atoms with Crippen molar-refractivity contribution in [1.82, 2.24) is 5.32 Å². The molecule has 1 amide bonds. The quantitative estimate of drug-likeness (QED) is 0.820. The Morgan fingerprint density at radius 1 is 1.32 bits per heavy atom. The molecule has 0 spiro atoms. The van der Waals surface area contributed by atoms with E-state index < -0.39 is 24.9 Å². The van der Waals surface area contributed by atoms with E-state index in [2.05, 4.69) is 5.32 Å². The van der Waals surface area contributed by atoms with Gasteiger partial charge in [0, 0.05) is 17.8 Å². The van der Waals surface area contributed by atoms with Gasteiger partial charge >= 0.3 is 6.18 Å². The summed E-state index contributed by atoms with van der Waals surface area (Å²) < 4.78 is 35.6. The highest BCUT2D eigenvalue weighted by molar-refractivity contribution is 7.14. The predicted octanol–water partition coefficient (Wildman–Crippen LogP) is 2.95. The summed E-state index contributed by atoms with van der Waals surface area (Å²) in [6, 6.07) is 3.48. The largest absolute Gasteiger partial charge is 0.389 e. The van der Waals surface area contributed by atoms with E-state index in [0.717, 1.165) is 4.88 Å². The molecule has 0 aliphatic rings. The van der Waals surface area contributed by atoms with Crippen molar-refractivity contribution < 1.29 is 22.8 Å². The minimum Gasteiger partial charge on any atom is -0.356 e. The number of Topliss-reactive ketones (excluding diaryl/α,β-unsaturated/α-hetero) is 1. The Morgan fingerprint density at radius 3 is 2.53 bits per heavy atom. The average Bonchev–Trinajstić information content (AvgIpc) is 2.74. The second kappa shape index (κ2) is 6.70. The van der Waals surface area contributed by atoms with Crippen LogP contribution in [0, 0.1) is 0 Å². The maximum absolute atomic E-state index is 11.9. The number of hydrogen-bond acceptors (Lipinski definition) is 3. The molecular weight excluding hydrogens is 279 g/mol. The molecule has 106 valence electrons. The molecule has 0 saturated heterocycles. The Bertz CT molecular complexity index is 454. The van der Waals surface area contributed by atoms with Gasteiger partial charge in [-0.25, -0.2) is 0 Å². The maximum Gasteiger partial charge on any atom is 0.389 e. The van der Waals surface area contributed by atoms with Crippen LogP contribution >= 0.6 is 11.3 Å². The monoisotopic (exact) mass is 293 g/mol. The second-order valence-corrected chi connectivity index (χ2v) is 5.21. The molecule has 0 aromatic carbocycles. The molecule has 0 atom stereocenters. The summed E-state index contributed by atoms with van der Waals surface area (Å²) in [6.45, 7) is 1.74. The first kappa shape index (κ1) is 15.7. The van der Waals surface area contributed by atoms with Crippen LogP contribution < -0.4 is 5.32 Å². The zero-order valence-electron chi connectivity index (χ0n) is 10.3. The third-order valence-electron chi connectivity index (χ3n) is 2.34. The lowest BCUT2D eigenvalue weighted by molar-refractivity contribution is -0.144. The van der Waals surface area contributed by atoms with E-state index in [9.17, 15) is 22.8 Å². The highest BCUT2D eigenvalue weighted by Crippen LogP contribution is 2.21. The standard InChI is InChI=1S/C12H14F3NO2S/c1-8(17)10-3-2-9(19-10)5-7-16-11(18)4-6-12(13,14)15/h2-3H,4-7H2,1H3,(H,16,18). The number of carbonyl (C=O) groups is 2. The van der Waals surface area contributed by atoms with Crippen molar-refractivity contribution >= 4 is 23.0 Å². The molecule has 0 aliphatic heterocycles. The molecule has 0 unspecified atom stereocenters. The highest BCUT2D eigenvalue weighted by atomic mass is 32.1. The van der Waals surface area contributed by atoms with Crippen LogP contribution in [0.3, 0.4) is 0 Å². The summed E-state index contributed by atoms with van der Waals surface area (Å²) in [4.78, 5) is 23.7. The summed E-state index contributed by atoms with van der Waals surface area (Å²) in [7, 11) is 0. The number of amides is 1. The van der Waals surface area contributed by atoms with E-state index in [-0.39, 0.29) is 12.3 Å². The van der Waals surface area contributed by atoms with Crippen LogP contribution in [0.5, 0.6) is 0 Å². The Balaban J connectivity index is 2.26. The maximum atomic E-state index is 11.9. The van der Waals surface area contributed by atoms with Crippen molar-refractivity contribution in [2.75, 3.05) is 6.54 Å². The van der Waals surface area contributed by atoms with Gasteiger partial charge < -0.3 is 5.32 Å². The molecule has 1 heterocycles. The molecule has 0 fully saturated rings. The first-order chi connectivity index (χ1) is 8.78. The van der Waals surface area contributed by atoms with Crippen molar-refractivity contribution in [2.24, 2.45) is 0 Å². The third-order valence-corrected chi connectivity index (χ3v) is 3.58. The van der Waals surface area contributed by atoms with Gasteiger partial charge in [-0.15, -0.1) is 11.3 Å². The van der Waals surface area contributed by atoms with Gasteiger partial charge in [0.25, 0.3) is 0 Å². The molecule has 0 radical (unpaired) electrons. The van der Waals surface area contributed by atoms with Gasteiger partial charge in [0.15, 0.2) is 5.78 Å². The van der Waals surface area contributed by atoms with E-state index in [1.165, 1.54) is 18.3 Å². The lowest BCUT2D eigenvalue weighted by Crippen LogP contribution is -2.26. The van der Waals surface area contributed by atoms with Gasteiger partial charge in [0.05, 0.1) is 11.3 Å². The number of nitrogens with one attached hydrogen (secondary N) is 1. The smallest absolute Gasteiger partial charge is 0.356 e. The van der Waals surface area contributed by atoms with E-state index in [1.807, 2.05) is 0 Å². The molecular formula is C12H14F3NO2S. The van der Waals surface area contributed by atoms with Crippen molar-refractivity contribution in [1.29, 1.82) is 0 Å². The molecule has 0 aliphatic carbocycles. The number of halogens is 3. The minimum atomic E-state index is -4.30. The molecule has 1 aromatic heterocycles.